The summed E-state index contributed by atoms with van der Waals surface area (Å²) in [5, 5.41) is 0. The van der Waals surface area contributed by atoms with Crippen molar-refractivity contribution in [2.24, 2.45) is 0 Å². The summed E-state index contributed by atoms with van der Waals surface area (Å²) < 4.78 is 2.93. The number of aromatic nitrogens is 2. The number of nitrogens with one attached hydrogen (secondary N) is 1. The Labute approximate surface area is 189 Å². The predicted octanol–water partition coefficient (Wildman–Crippen LogP) is 4.42. The molecule has 2 aromatic heterocycles. The van der Waals surface area contributed by atoms with Gasteiger partial charge in [-0.15, -0.1) is 0 Å². The quantitative estimate of drug-likeness (QED) is 0.601. The second-order valence-electron chi connectivity index (χ2n) is 7.49. The molecule has 3 heterocycles. The minimum Gasteiger partial charge on any atom is -0.368 e. The molecule has 0 saturated carbocycles. The van der Waals surface area contributed by atoms with Crippen molar-refractivity contribution >= 4 is 45.3 Å². The van der Waals surface area contributed by atoms with Gasteiger partial charge in [0.05, 0.1) is 16.8 Å². The lowest BCUT2D eigenvalue weighted by atomic mass is 10.2. The summed E-state index contributed by atoms with van der Waals surface area (Å²) in [5.74, 6) is -0.0148. The van der Waals surface area contributed by atoms with E-state index in [0.29, 0.717) is 29.9 Å². The molecule has 0 atom stereocenters. The van der Waals surface area contributed by atoms with Crippen LogP contribution in [-0.4, -0.2) is 46.4 Å². The zero-order valence-electron chi connectivity index (χ0n) is 17.6. The molecule has 1 fully saturated rings. The van der Waals surface area contributed by atoms with E-state index in [0.717, 1.165) is 28.9 Å². The largest absolute Gasteiger partial charge is 0.368 e. The van der Waals surface area contributed by atoms with Gasteiger partial charge in [-0.3, -0.25) is 9.59 Å². The highest BCUT2D eigenvalue weighted by atomic mass is 79.9. The molecule has 7 heteroatoms. The number of anilines is 1. The molecule has 31 heavy (non-hydrogen) atoms. The molecule has 160 valence electrons. The van der Waals surface area contributed by atoms with Crippen molar-refractivity contribution in [3.05, 3.63) is 80.3 Å². The number of carbonyl (C=O) groups is 1. The van der Waals surface area contributed by atoms with Gasteiger partial charge in [0.15, 0.2) is 0 Å². The molecule has 0 aliphatic carbocycles. The summed E-state index contributed by atoms with van der Waals surface area (Å²) in [7, 11) is 0. The minimum atomic E-state index is -0.168. The van der Waals surface area contributed by atoms with Crippen LogP contribution >= 0.6 is 15.9 Å². The maximum Gasteiger partial charge on any atom is 0.258 e. The van der Waals surface area contributed by atoms with Gasteiger partial charge >= 0.3 is 0 Å². The number of hydrogen-bond acceptors (Lipinski definition) is 3. The van der Waals surface area contributed by atoms with Crippen molar-refractivity contribution in [2.45, 2.75) is 13.8 Å². The van der Waals surface area contributed by atoms with Crippen LogP contribution in [0, 0.1) is 0 Å². The maximum atomic E-state index is 13.2. The molecule has 4 rings (SSSR count). The molecule has 1 aliphatic rings. The van der Waals surface area contributed by atoms with Crippen LogP contribution < -0.4 is 10.5 Å². The molecular formula is C24H25BrN4O2. The molecular weight excluding hydrogens is 456 g/mol. The second-order valence-corrected chi connectivity index (χ2v) is 8.41. The fourth-order valence-electron chi connectivity index (χ4n) is 3.96. The Morgan fingerprint density at radius 3 is 2.35 bits per heavy atom. The Morgan fingerprint density at radius 1 is 1.03 bits per heavy atom. The van der Waals surface area contributed by atoms with Crippen LogP contribution in [0.5, 0.6) is 0 Å². The van der Waals surface area contributed by atoms with Crippen LogP contribution in [0.2, 0.25) is 0 Å². The van der Waals surface area contributed by atoms with E-state index in [-0.39, 0.29) is 11.5 Å². The lowest BCUT2D eigenvalue weighted by Crippen LogP contribution is -2.48. The minimum absolute atomic E-state index is 0.0148. The van der Waals surface area contributed by atoms with Gasteiger partial charge in [0.25, 0.3) is 11.5 Å². The van der Waals surface area contributed by atoms with Crippen molar-refractivity contribution in [3.8, 4) is 0 Å². The lowest BCUT2D eigenvalue weighted by molar-refractivity contribution is 0.0747. The molecule has 0 spiro atoms. The normalized spacial score (nSPS) is 14.9. The van der Waals surface area contributed by atoms with Gasteiger partial charge in [0, 0.05) is 42.5 Å². The molecule has 1 N–H and O–H groups in total. The number of aromatic amines is 1. The first-order valence-electron chi connectivity index (χ1n) is 10.4. The summed E-state index contributed by atoms with van der Waals surface area (Å²) in [6, 6.07) is 10.00. The average Bonchev–Trinajstić information content (AvgIpc) is 3.20. The number of nitrogens with zero attached hydrogens (tertiary/aromatic N) is 3. The number of carbonyl (C=O) groups excluding carboxylic acids is 1. The summed E-state index contributed by atoms with van der Waals surface area (Å²) in [4.78, 5) is 32.8. The van der Waals surface area contributed by atoms with E-state index in [1.165, 1.54) is 0 Å². The first-order chi connectivity index (χ1) is 15.0. The summed E-state index contributed by atoms with van der Waals surface area (Å²) >= 11 is 3.47. The maximum absolute atomic E-state index is 13.2. The van der Waals surface area contributed by atoms with Crippen LogP contribution in [0.25, 0.3) is 17.8 Å². The Morgan fingerprint density at radius 2 is 1.71 bits per heavy atom. The first-order valence-corrected chi connectivity index (χ1v) is 11.1. The smallest absolute Gasteiger partial charge is 0.258 e. The van der Waals surface area contributed by atoms with E-state index in [9.17, 15) is 9.59 Å². The SMILES string of the molecule is C/C=C\c1c(/C=C\C)n2cc(C(=O)N3CCN(c4ccc(Br)cc4)CC3)cc2[nH]c1=O. The predicted molar refractivity (Wildman–Crippen MR) is 130 cm³/mol. The number of hydrogen-bond donors (Lipinski definition) is 1. The molecule has 0 bridgehead atoms. The van der Waals surface area contributed by atoms with Gasteiger partial charge in [0.2, 0.25) is 0 Å². The van der Waals surface area contributed by atoms with Gasteiger partial charge in [-0.25, -0.2) is 0 Å². The van der Waals surface area contributed by atoms with E-state index < -0.39 is 0 Å². The molecule has 6 nitrogen and oxygen atoms in total. The number of H-pyrrole nitrogens is 1. The Balaban J connectivity index is 1.58. The highest BCUT2D eigenvalue weighted by Crippen LogP contribution is 2.21. The molecule has 1 aliphatic heterocycles. The number of amides is 1. The van der Waals surface area contributed by atoms with Crippen LogP contribution in [0.4, 0.5) is 5.69 Å². The standard InChI is InChI=1S/C24H25BrN4O2/c1-3-5-20-21(6-4-2)29-16-17(15-22(29)26-23(20)30)24(31)28-13-11-27(12-14-28)19-9-7-18(25)8-10-19/h3-10,15-16H,11-14H2,1-2H3,(H,26,30)/b5-3-,6-4-. The molecule has 1 amide bonds. The zero-order chi connectivity index (χ0) is 22.0. The first kappa shape index (κ1) is 21.2. The molecule has 1 saturated heterocycles. The molecule has 0 radical (unpaired) electrons. The Bertz CT molecular complexity index is 1210. The van der Waals surface area contributed by atoms with Gasteiger partial charge in [0.1, 0.15) is 5.65 Å². The highest BCUT2D eigenvalue weighted by molar-refractivity contribution is 9.10. The van der Waals surface area contributed by atoms with Crippen LogP contribution in [-0.2, 0) is 0 Å². The van der Waals surface area contributed by atoms with Crippen molar-refractivity contribution in [1.82, 2.24) is 14.3 Å². The highest BCUT2D eigenvalue weighted by Gasteiger charge is 2.24. The van der Waals surface area contributed by atoms with Gasteiger partial charge < -0.3 is 19.2 Å². The molecule has 1 aromatic carbocycles. The topological polar surface area (TPSA) is 60.8 Å². The third-order valence-corrected chi connectivity index (χ3v) is 6.03. The Kier molecular flexibility index (Phi) is 6.13. The van der Waals surface area contributed by atoms with Crippen molar-refractivity contribution in [1.29, 1.82) is 0 Å². The number of fused-ring (bicyclic) bond motifs is 1. The zero-order valence-corrected chi connectivity index (χ0v) is 19.2. The summed E-state index contributed by atoms with van der Waals surface area (Å²) in [5.41, 5.74) is 3.53. The van der Waals surface area contributed by atoms with E-state index in [1.54, 1.807) is 12.1 Å². The number of allylic oxidation sites excluding steroid dienone is 2. The number of benzene rings is 1. The summed E-state index contributed by atoms with van der Waals surface area (Å²) in [6.45, 7) is 6.67. The third-order valence-electron chi connectivity index (χ3n) is 5.51. The van der Waals surface area contributed by atoms with Crippen LogP contribution in [0.1, 0.15) is 35.5 Å². The van der Waals surface area contributed by atoms with E-state index >= 15 is 0 Å². The van der Waals surface area contributed by atoms with Crippen LogP contribution in [0.3, 0.4) is 0 Å². The van der Waals surface area contributed by atoms with Crippen LogP contribution in [0.15, 0.2) is 57.9 Å². The second kappa shape index (κ2) is 8.98. The van der Waals surface area contributed by atoms with E-state index in [2.05, 4.69) is 37.9 Å². The van der Waals surface area contributed by atoms with Gasteiger partial charge in [-0.05, 0) is 50.3 Å². The number of rotatable bonds is 4. The van der Waals surface area contributed by atoms with Crippen molar-refractivity contribution < 1.29 is 4.79 Å². The fraction of sp³-hybridized carbons (Fsp3) is 0.250. The average molecular weight is 481 g/mol. The van der Waals surface area contributed by atoms with Gasteiger partial charge in [-0.2, -0.15) is 0 Å². The third kappa shape index (κ3) is 4.23. The summed E-state index contributed by atoms with van der Waals surface area (Å²) in [6.07, 6.45) is 9.23. The van der Waals surface area contributed by atoms with E-state index in [4.69, 9.17) is 0 Å². The molecule has 0 unspecified atom stereocenters. The van der Waals surface area contributed by atoms with Crippen molar-refractivity contribution in [3.63, 3.8) is 0 Å². The van der Waals surface area contributed by atoms with Crippen molar-refractivity contribution in [2.75, 3.05) is 31.1 Å². The Hall–Kier alpha value is -3.06. The van der Waals surface area contributed by atoms with E-state index in [1.807, 2.05) is 59.7 Å². The monoisotopic (exact) mass is 480 g/mol. The number of piperazine rings is 1. The fourth-order valence-corrected chi connectivity index (χ4v) is 4.23. The van der Waals surface area contributed by atoms with Gasteiger partial charge in [-0.1, -0.05) is 34.2 Å². The number of halogens is 1. The lowest BCUT2D eigenvalue weighted by Gasteiger charge is -2.36. The molecule has 3 aromatic rings.